The number of alkyl halides is 4. The van der Waals surface area contributed by atoms with Crippen LogP contribution in [0.2, 0.25) is 0 Å². The largest absolute Gasteiger partial charge is 0.326 e. The van der Waals surface area contributed by atoms with Crippen LogP contribution in [0.3, 0.4) is 0 Å². The molecule has 0 bridgehead atoms. The van der Waals surface area contributed by atoms with Crippen LogP contribution < -0.4 is 5.73 Å². The van der Waals surface area contributed by atoms with E-state index in [2.05, 4.69) is 0 Å². The molecule has 0 aliphatic carbocycles. The van der Waals surface area contributed by atoms with Crippen LogP contribution in [0.25, 0.3) is 0 Å². The van der Waals surface area contributed by atoms with Gasteiger partial charge >= 0.3 is 12.3 Å². The van der Waals surface area contributed by atoms with E-state index >= 15 is 0 Å². The van der Waals surface area contributed by atoms with Crippen LogP contribution in [-0.4, -0.2) is 12.3 Å². The summed E-state index contributed by atoms with van der Waals surface area (Å²) in [7, 11) is 0. The van der Waals surface area contributed by atoms with Crippen molar-refractivity contribution in [1.29, 1.82) is 0 Å². The molecule has 0 unspecified atom stereocenters. The summed E-state index contributed by atoms with van der Waals surface area (Å²) < 4.78 is 49.2. The highest BCUT2D eigenvalue weighted by Crippen LogP contribution is 2.27. The summed E-state index contributed by atoms with van der Waals surface area (Å²) in [6.45, 7) is 0.202. The minimum absolute atomic E-state index is 0.170. The van der Waals surface area contributed by atoms with Gasteiger partial charge in [-0.25, -0.2) is 8.78 Å². The fourth-order valence-corrected chi connectivity index (χ4v) is 1.22. The maximum absolute atomic E-state index is 12.7. The van der Waals surface area contributed by atoms with Gasteiger partial charge in [0.2, 0.25) is 0 Å². The van der Waals surface area contributed by atoms with E-state index in [1.807, 2.05) is 0 Å². The molecule has 1 rings (SSSR count). The lowest BCUT2D eigenvalue weighted by Gasteiger charge is -2.15. The molecule has 0 atom stereocenters. The molecule has 0 aliphatic rings. The quantitative estimate of drug-likeness (QED) is 0.777. The van der Waals surface area contributed by atoms with Crippen LogP contribution >= 0.6 is 0 Å². The number of hydrogen-bond acceptors (Lipinski definition) is 1. The maximum Gasteiger partial charge on any atom is 0.311 e. The van der Waals surface area contributed by atoms with E-state index in [0.717, 1.165) is 0 Å². The Morgan fingerprint density at radius 1 is 1.20 bits per heavy atom. The molecule has 0 fully saturated rings. The van der Waals surface area contributed by atoms with Crippen molar-refractivity contribution >= 4 is 0 Å². The van der Waals surface area contributed by atoms with Gasteiger partial charge in [0, 0.05) is 13.0 Å². The lowest BCUT2D eigenvalue weighted by atomic mass is 10.0. The van der Waals surface area contributed by atoms with Crippen molar-refractivity contribution < 1.29 is 17.6 Å². The van der Waals surface area contributed by atoms with Gasteiger partial charge in [0.25, 0.3) is 0 Å². The summed E-state index contributed by atoms with van der Waals surface area (Å²) in [4.78, 5) is 0. The standard InChI is InChI=1S/C10H11F4N/c11-9(12)10(13,14)5-7-2-1-3-8(4-7)6-15/h1-4,9H,5-6,15H2. The number of hydrogen-bond donors (Lipinski definition) is 1. The molecule has 0 aliphatic heterocycles. The molecule has 0 heterocycles. The van der Waals surface area contributed by atoms with E-state index in [4.69, 9.17) is 5.73 Å². The van der Waals surface area contributed by atoms with Gasteiger partial charge < -0.3 is 5.73 Å². The van der Waals surface area contributed by atoms with Crippen molar-refractivity contribution in [2.24, 2.45) is 5.73 Å². The van der Waals surface area contributed by atoms with Crippen LogP contribution in [-0.2, 0) is 13.0 Å². The number of benzene rings is 1. The van der Waals surface area contributed by atoms with Gasteiger partial charge in [0.05, 0.1) is 0 Å². The maximum atomic E-state index is 12.7. The molecule has 1 nitrogen and oxygen atoms in total. The minimum atomic E-state index is -3.98. The Bertz CT molecular complexity index is 325. The van der Waals surface area contributed by atoms with Crippen LogP contribution in [0, 0.1) is 0 Å². The van der Waals surface area contributed by atoms with Gasteiger partial charge in [-0.3, -0.25) is 0 Å². The van der Waals surface area contributed by atoms with E-state index in [1.165, 1.54) is 18.2 Å². The topological polar surface area (TPSA) is 26.0 Å². The average molecular weight is 221 g/mol. The zero-order chi connectivity index (χ0) is 11.5. The van der Waals surface area contributed by atoms with E-state index in [-0.39, 0.29) is 12.1 Å². The Hall–Kier alpha value is -1.10. The molecule has 0 radical (unpaired) electrons. The molecule has 5 heteroatoms. The van der Waals surface area contributed by atoms with Gasteiger partial charge in [-0.05, 0) is 11.1 Å². The van der Waals surface area contributed by atoms with E-state index < -0.39 is 18.8 Å². The van der Waals surface area contributed by atoms with Crippen LogP contribution in [0.15, 0.2) is 24.3 Å². The summed E-state index contributed by atoms with van der Waals surface area (Å²) in [5, 5.41) is 0. The molecular weight excluding hydrogens is 210 g/mol. The highest BCUT2D eigenvalue weighted by Gasteiger charge is 2.40. The molecule has 0 spiro atoms. The molecule has 0 aromatic heterocycles. The van der Waals surface area contributed by atoms with Crippen LogP contribution in [0.4, 0.5) is 17.6 Å². The zero-order valence-electron chi connectivity index (χ0n) is 7.89. The lowest BCUT2D eigenvalue weighted by Crippen LogP contribution is -2.29. The zero-order valence-corrected chi connectivity index (χ0v) is 7.89. The second-order valence-electron chi connectivity index (χ2n) is 3.26. The summed E-state index contributed by atoms with van der Waals surface area (Å²) in [5.74, 6) is -3.98. The third-order valence-electron chi connectivity index (χ3n) is 1.99. The molecule has 84 valence electrons. The van der Waals surface area contributed by atoms with Crippen molar-refractivity contribution in [2.45, 2.75) is 25.3 Å². The smallest absolute Gasteiger partial charge is 0.311 e. The molecular formula is C10H11F4N. The summed E-state index contributed by atoms with van der Waals surface area (Å²) in [6, 6.07) is 5.98. The number of rotatable bonds is 4. The first kappa shape index (κ1) is 12.0. The molecule has 2 N–H and O–H groups in total. The molecule has 0 amide bonds. The van der Waals surface area contributed by atoms with Gasteiger partial charge in [-0.15, -0.1) is 0 Å². The summed E-state index contributed by atoms with van der Waals surface area (Å²) in [6.07, 6.45) is -4.60. The fourth-order valence-electron chi connectivity index (χ4n) is 1.22. The summed E-state index contributed by atoms with van der Waals surface area (Å²) >= 11 is 0. The SMILES string of the molecule is NCc1cccc(CC(F)(F)C(F)F)c1. The number of halogens is 4. The van der Waals surface area contributed by atoms with Crippen molar-refractivity contribution in [3.8, 4) is 0 Å². The third-order valence-corrected chi connectivity index (χ3v) is 1.99. The Kier molecular flexibility index (Phi) is 3.68. The van der Waals surface area contributed by atoms with E-state index in [9.17, 15) is 17.6 Å². The Balaban J connectivity index is 2.80. The van der Waals surface area contributed by atoms with Crippen LogP contribution in [0.5, 0.6) is 0 Å². The van der Waals surface area contributed by atoms with Crippen LogP contribution in [0.1, 0.15) is 11.1 Å². The molecule has 0 saturated carbocycles. The van der Waals surface area contributed by atoms with Gasteiger partial charge in [-0.2, -0.15) is 8.78 Å². The van der Waals surface area contributed by atoms with Gasteiger partial charge in [0.15, 0.2) is 0 Å². The first-order valence-electron chi connectivity index (χ1n) is 4.39. The van der Waals surface area contributed by atoms with Crippen molar-refractivity contribution in [3.05, 3.63) is 35.4 Å². The predicted octanol–water partition coefficient (Wildman–Crippen LogP) is 2.59. The fraction of sp³-hybridized carbons (Fsp3) is 0.400. The van der Waals surface area contributed by atoms with Crippen molar-refractivity contribution in [2.75, 3.05) is 0 Å². The molecule has 0 saturated heterocycles. The van der Waals surface area contributed by atoms with Gasteiger partial charge in [-0.1, -0.05) is 24.3 Å². The second kappa shape index (κ2) is 4.61. The second-order valence-corrected chi connectivity index (χ2v) is 3.26. The van der Waals surface area contributed by atoms with E-state index in [0.29, 0.717) is 5.56 Å². The first-order valence-corrected chi connectivity index (χ1v) is 4.39. The molecule has 15 heavy (non-hydrogen) atoms. The highest BCUT2D eigenvalue weighted by atomic mass is 19.3. The molecule has 1 aromatic carbocycles. The average Bonchev–Trinajstić information content (AvgIpc) is 2.17. The third kappa shape index (κ3) is 3.20. The van der Waals surface area contributed by atoms with Crippen molar-refractivity contribution in [1.82, 2.24) is 0 Å². The number of nitrogens with two attached hydrogens (primary N) is 1. The Labute approximate surface area is 84.9 Å². The Morgan fingerprint density at radius 2 is 1.80 bits per heavy atom. The predicted molar refractivity (Wildman–Crippen MR) is 49.0 cm³/mol. The van der Waals surface area contributed by atoms with Crippen molar-refractivity contribution in [3.63, 3.8) is 0 Å². The highest BCUT2D eigenvalue weighted by molar-refractivity contribution is 5.24. The lowest BCUT2D eigenvalue weighted by molar-refractivity contribution is -0.127. The monoisotopic (exact) mass is 221 g/mol. The minimum Gasteiger partial charge on any atom is -0.326 e. The van der Waals surface area contributed by atoms with E-state index in [1.54, 1.807) is 6.07 Å². The van der Waals surface area contributed by atoms with Gasteiger partial charge in [0.1, 0.15) is 0 Å². The summed E-state index contributed by atoms with van der Waals surface area (Å²) in [5.41, 5.74) is 6.13. The Morgan fingerprint density at radius 3 is 2.33 bits per heavy atom. The first-order chi connectivity index (χ1) is 6.95. The normalized spacial score (nSPS) is 12.1. The molecule has 1 aromatic rings.